The molecule has 1 saturated carbocycles. The maximum atomic E-state index is 12.4. The van der Waals surface area contributed by atoms with Gasteiger partial charge in [-0.25, -0.2) is 9.78 Å². The van der Waals surface area contributed by atoms with E-state index in [4.69, 9.17) is 0 Å². The van der Waals surface area contributed by atoms with Gasteiger partial charge in [-0.2, -0.15) is 0 Å². The van der Waals surface area contributed by atoms with Crippen molar-refractivity contribution in [3.8, 4) is 0 Å². The highest BCUT2D eigenvalue weighted by Gasteiger charge is 2.23. The van der Waals surface area contributed by atoms with E-state index in [0.29, 0.717) is 11.6 Å². The Morgan fingerprint density at radius 2 is 1.96 bits per heavy atom. The fraction of sp³-hybridized carbons (Fsp3) is 0.625. The number of hydrogen-bond donors (Lipinski definition) is 1. The minimum atomic E-state index is -0.440. The Kier molecular flexibility index (Phi) is 4.29. The largest absolute Gasteiger partial charge is 0.352 e. The summed E-state index contributed by atoms with van der Waals surface area (Å²) >= 11 is 0. The molecule has 0 radical (unpaired) electrons. The molecular weight excluding hydrogens is 310 g/mol. The van der Waals surface area contributed by atoms with E-state index in [2.05, 4.69) is 17.2 Å². The van der Waals surface area contributed by atoms with E-state index in [1.165, 1.54) is 28.9 Å². The van der Waals surface area contributed by atoms with Gasteiger partial charge in [-0.15, -0.1) is 0 Å². The molecule has 1 amide bonds. The van der Waals surface area contributed by atoms with Crippen LogP contribution in [0.1, 0.15) is 32.6 Å². The molecule has 0 saturated heterocycles. The van der Waals surface area contributed by atoms with Gasteiger partial charge in [-0.1, -0.05) is 19.8 Å². The summed E-state index contributed by atoms with van der Waals surface area (Å²) in [6.07, 6.45) is 5.90. The second-order valence-corrected chi connectivity index (χ2v) is 6.69. The van der Waals surface area contributed by atoms with Crippen LogP contribution in [0.4, 0.5) is 0 Å². The van der Waals surface area contributed by atoms with Crippen molar-refractivity contribution in [2.45, 2.75) is 45.2 Å². The lowest BCUT2D eigenvalue weighted by molar-refractivity contribution is -0.122. The summed E-state index contributed by atoms with van der Waals surface area (Å²) in [4.78, 5) is 40.8. The number of rotatable bonds is 3. The molecule has 24 heavy (non-hydrogen) atoms. The number of carbonyl (C=O) groups excluding carboxylic acids is 1. The molecule has 0 bridgehead atoms. The first-order chi connectivity index (χ1) is 11.4. The molecule has 2 atom stereocenters. The molecule has 2 aromatic rings. The smallest absolute Gasteiger partial charge is 0.332 e. The van der Waals surface area contributed by atoms with Gasteiger partial charge in [-0.3, -0.25) is 18.7 Å². The SMILES string of the molecule is C[C@H]1CCCC[C@@H]1NC(=O)Cn1cnc2c1c(=O)n(C)c(=O)n2C. The lowest BCUT2D eigenvalue weighted by atomic mass is 9.86. The summed E-state index contributed by atoms with van der Waals surface area (Å²) in [5.74, 6) is 0.333. The first-order valence-electron chi connectivity index (χ1n) is 8.30. The lowest BCUT2D eigenvalue weighted by Crippen LogP contribution is -2.43. The minimum absolute atomic E-state index is 0.0210. The van der Waals surface area contributed by atoms with Crippen LogP contribution in [0.25, 0.3) is 11.2 Å². The second kappa shape index (κ2) is 6.26. The van der Waals surface area contributed by atoms with E-state index in [9.17, 15) is 14.4 Å². The van der Waals surface area contributed by atoms with Gasteiger partial charge in [0.2, 0.25) is 5.91 Å². The summed E-state index contributed by atoms with van der Waals surface area (Å²) in [5.41, 5.74) is -0.309. The summed E-state index contributed by atoms with van der Waals surface area (Å²) in [6.45, 7) is 2.18. The van der Waals surface area contributed by atoms with Crippen molar-refractivity contribution in [2.75, 3.05) is 0 Å². The van der Waals surface area contributed by atoms with E-state index in [1.54, 1.807) is 7.05 Å². The van der Waals surface area contributed by atoms with Crippen LogP contribution >= 0.6 is 0 Å². The molecule has 8 nitrogen and oxygen atoms in total. The number of nitrogens with one attached hydrogen (secondary N) is 1. The predicted molar refractivity (Wildman–Crippen MR) is 89.8 cm³/mol. The van der Waals surface area contributed by atoms with E-state index < -0.39 is 11.2 Å². The molecule has 0 aliphatic heterocycles. The first-order valence-corrected chi connectivity index (χ1v) is 8.30. The van der Waals surface area contributed by atoms with Gasteiger partial charge < -0.3 is 9.88 Å². The number of aryl methyl sites for hydroxylation is 1. The van der Waals surface area contributed by atoms with Crippen molar-refractivity contribution < 1.29 is 4.79 Å². The molecule has 1 aliphatic carbocycles. The van der Waals surface area contributed by atoms with Crippen LogP contribution in [0, 0.1) is 5.92 Å². The Morgan fingerprint density at radius 3 is 2.67 bits per heavy atom. The van der Waals surface area contributed by atoms with Crippen molar-refractivity contribution in [2.24, 2.45) is 20.0 Å². The number of amides is 1. The van der Waals surface area contributed by atoms with Crippen molar-refractivity contribution >= 4 is 17.1 Å². The highest BCUT2D eigenvalue weighted by Crippen LogP contribution is 2.23. The maximum Gasteiger partial charge on any atom is 0.332 e. The topological polar surface area (TPSA) is 90.9 Å². The number of imidazole rings is 1. The number of fused-ring (bicyclic) bond motifs is 1. The van der Waals surface area contributed by atoms with Crippen molar-refractivity contribution in [3.05, 3.63) is 27.2 Å². The Morgan fingerprint density at radius 1 is 1.25 bits per heavy atom. The van der Waals surface area contributed by atoms with Crippen molar-refractivity contribution in [3.63, 3.8) is 0 Å². The van der Waals surface area contributed by atoms with E-state index in [1.807, 2.05) is 0 Å². The highest BCUT2D eigenvalue weighted by molar-refractivity contribution is 5.79. The molecule has 1 N–H and O–H groups in total. The van der Waals surface area contributed by atoms with Crippen LogP contribution in [-0.2, 0) is 25.4 Å². The molecule has 130 valence electrons. The number of nitrogens with zero attached hydrogens (tertiary/aromatic N) is 4. The monoisotopic (exact) mass is 333 g/mol. The summed E-state index contributed by atoms with van der Waals surface area (Å²) in [7, 11) is 2.98. The van der Waals surface area contributed by atoms with Crippen LogP contribution in [0.2, 0.25) is 0 Å². The third-order valence-electron chi connectivity index (χ3n) is 4.99. The van der Waals surface area contributed by atoms with Crippen molar-refractivity contribution in [1.29, 1.82) is 0 Å². The quantitative estimate of drug-likeness (QED) is 0.864. The highest BCUT2D eigenvalue weighted by atomic mass is 16.2. The molecule has 3 rings (SSSR count). The number of carbonyl (C=O) groups is 1. The average molecular weight is 333 g/mol. The predicted octanol–water partition coefficient (Wildman–Crippen LogP) is 0.129. The van der Waals surface area contributed by atoms with Gasteiger partial charge in [0, 0.05) is 20.1 Å². The van der Waals surface area contributed by atoms with Gasteiger partial charge in [0.25, 0.3) is 5.56 Å². The molecule has 1 aliphatic rings. The van der Waals surface area contributed by atoms with Gasteiger partial charge in [-0.05, 0) is 18.8 Å². The Bertz CT molecular complexity index is 891. The molecule has 8 heteroatoms. The summed E-state index contributed by atoms with van der Waals surface area (Å²) < 4.78 is 3.86. The third-order valence-corrected chi connectivity index (χ3v) is 4.99. The molecule has 2 aromatic heterocycles. The number of aromatic nitrogens is 4. The second-order valence-electron chi connectivity index (χ2n) is 6.69. The van der Waals surface area contributed by atoms with Crippen LogP contribution in [0.15, 0.2) is 15.9 Å². The number of hydrogen-bond acceptors (Lipinski definition) is 4. The van der Waals surface area contributed by atoms with E-state index >= 15 is 0 Å². The normalized spacial score (nSPS) is 21.1. The fourth-order valence-corrected chi connectivity index (χ4v) is 3.45. The maximum absolute atomic E-state index is 12.4. The standard InChI is InChI=1S/C16H23N5O3/c1-10-6-4-5-7-11(10)18-12(22)8-21-9-17-14-13(21)15(23)20(3)16(24)19(14)2/h9-11H,4-8H2,1-3H3,(H,18,22)/t10-,11-/m0/s1. The average Bonchev–Trinajstić information content (AvgIpc) is 2.96. The zero-order valence-electron chi connectivity index (χ0n) is 14.3. The minimum Gasteiger partial charge on any atom is -0.352 e. The van der Waals surface area contributed by atoms with Crippen molar-refractivity contribution in [1.82, 2.24) is 24.0 Å². The molecule has 2 heterocycles. The van der Waals surface area contributed by atoms with Crippen LogP contribution in [0.5, 0.6) is 0 Å². The van der Waals surface area contributed by atoms with E-state index in [0.717, 1.165) is 23.8 Å². The van der Waals surface area contributed by atoms with E-state index in [-0.39, 0.29) is 24.0 Å². The van der Waals surface area contributed by atoms with Crippen LogP contribution in [-0.4, -0.2) is 30.6 Å². The van der Waals surface area contributed by atoms with Crippen LogP contribution < -0.4 is 16.6 Å². The van der Waals surface area contributed by atoms with Crippen LogP contribution in [0.3, 0.4) is 0 Å². The fourth-order valence-electron chi connectivity index (χ4n) is 3.45. The van der Waals surface area contributed by atoms with Gasteiger partial charge in [0.1, 0.15) is 6.54 Å². The summed E-state index contributed by atoms with van der Waals surface area (Å²) in [5, 5.41) is 3.07. The lowest BCUT2D eigenvalue weighted by Gasteiger charge is -2.29. The third kappa shape index (κ3) is 2.76. The zero-order valence-corrected chi connectivity index (χ0v) is 14.3. The molecule has 0 unspecified atom stereocenters. The summed E-state index contributed by atoms with van der Waals surface area (Å²) in [6, 6.07) is 0.188. The first kappa shape index (κ1) is 16.5. The molecule has 0 spiro atoms. The molecular formula is C16H23N5O3. The Hall–Kier alpha value is -2.38. The molecule has 0 aromatic carbocycles. The van der Waals surface area contributed by atoms with Gasteiger partial charge >= 0.3 is 5.69 Å². The Labute approximate surface area is 139 Å². The van der Waals surface area contributed by atoms with Gasteiger partial charge in [0.05, 0.1) is 6.33 Å². The van der Waals surface area contributed by atoms with Gasteiger partial charge in [0.15, 0.2) is 11.2 Å². The zero-order chi connectivity index (χ0) is 17.4. The molecule has 1 fully saturated rings. The Balaban J connectivity index is 1.87.